The SMILES string of the molecule is Cc1nc(-c2nnc(NC(=O)c3ccc4c(c3)OCO4)o2)c(C)s1. The minimum atomic E-state index is -0.380. The van der Waals surface area contributed by atoms with E-state index in [-0.39, 0.29) is 24.6 Å². The molecule has 0 atom stereocenters. The number of aryl methyl sites for hydroxylation is 2. The Hall–Kier alpha value is -2.94. The van der Waals surface area contributed by atoms with E-state index in [1.54, 1.807) is 29.5 Å². The smallest absolute Gasteiger partial charge is 0.322 e. The van der Waals surface area contributed by atoms with Crippen LogP contribution in [-0.4, -0.2) is 27.9 Å². The van der Waals surface area contributed by atoms with Gasteiger partial charge in [0.2, 0.25) is 6.79 Å². The Bertz CT molecular complexity index is 933. The van der Waals surface area contributed by atoms with Gasteiger partial charge in [0.15, 0.2) is 11.5 Å². The molecule has 1 N–H and O–H groups in total. The second kappa shape index (κ2) is 5.60. The zero-order chi connectivity index (χ0) is 16.7. The van der Waals surface area contributed by atoms with E-state index >= 15 is 0 Å². The summed E-state index contributed by atoms with van der Waals surface area (Å²) in [4.78, 5) is 17.6. The third-order valence-corrected chi connectivity index (χ3v) is 4.27. The van der Waals surface area contributed by atoms with Crippen molar-refractivity contribution in [1.29, 1.82) is 0 Å². The molecule has 2 aromatic heterocycles. The number of amides is 1. The normalized spacial score (nSPS) is 12.4. The van der Waals surface area contributed by atoms with Crippen LogP contribution in [0.5, 0.6) is 11.5 Å². The molecule has 1 aliphatic rings. The van der Waals surface area contributed by atoms with E-state index in [1.807, 2.05) is 13.8 Å². The van der Waals surface area contributed by atoms with Crippen LogP contribution < -0.4 is 14.8 Å². The second-order valence-corrected chi connectivity index (χ2v) is 6.48. The maximum absolute atomic E-state index is 12.3. The van der Waals surface area contributed by atoms with Gasteiger partial charge in [-0.05, 0) is 32.0 Å². The number of rotatable bonds is 3. The van der Waals surface area contributed by atoms with E-state index in [0.717, 1.165) is 9.88 Å². The Morgan fingerprint density at radius 2 is 2.04 bits per heavy atom. The molecule has 0 radical (unpaired) electrons. The van der Waals surface area contributed by atoms with Crippen LogP contribution in [0.3, 0.4) is 0 Å². The molecule has 8 nitrogen and oxygen atoms in total. The molecule has 3 aromatic rings. The molecule has 0 saturated carbocycles. The quantitative estimate of drug-likeness (QED) is 0.780. The molecule has 1 amide bonds. The first-order chi connectivity index (χ1) is 11.6. The number of nitrogens with one attached hydrogen (secondary N) is 1. The number of thiazole rings is 1. The molecule has 0 aliphatic carbocycles. The number of hydrogen-bond donors (Lipinski definition) is 1. The lowest BCUT2D eigenvalue weighted by molar-refractivity contribution is 0.102. The van der Waals surface area contributed by atoms with Crippen LogP contribution in [0.1, 0.15) is 20.2 Å². The average Bonchev–Trinajstić information content (AvgIpc) is 3.26. The van der Waals surface area contributed by atoms with Crippen molar-refractivity contribution in [2.45, 2.75) is 13.8 Å². The zero-order valence-electron chi connectivity index (χ0n) is 12.8. The minimum Gasteiger partial charge on any atom is -0.454 e. The number of carbonyl (C=O) groups excluding carboxylic acids is 1. The van der Waals surface area contributed by atoms with Gasteiger partial charge in [-0.1, -0.05) is 5.10 Å². The molecule has 4 rings (SSSR count). The van der Waals surface area contributed by atoms with Crippen LogP contribution >= 0.6 is 11.3 Å². The van der Waals surface area contributed by atoms with Gasteiger partial charge in [-0.2, -0.15) is 0 Å². The second-order valence-electron chi connectivity index (χ2n) is 5.07. The molecule has 0 fully saturated rings. The molecule has 122 valence electrons. The summed E-state index contributed by atoms with van der Waals surface area (Å²) >= 11 is 1.54. The fourth-order valence-corrected chi connectivity index (χ4v) is 3.11. The van der Waals surface area contributed by atoms with Crippen molar-refractivity contribution in [1.82, 2.24) is 15.2 Å². The summed E-state index contributed by atoms with van der Waals surface area (Å²) in [7, 11) is 0. The van der Waals surface area contributed by atoms with Gasteiger partial charge in [0.25, 0.3) is 11.8 Å². The molecule has 0 unspecified atom stereocenters. The average molecular weight is 344 g/mol. The summed E-state index contributed by atoms with van der Waals surface area (Å²) in [6.07, 6.45) is 0. The number of fused-ring (bicyclic) bond motifs is 1. The van der Waals surface area contributed by atoms with Gasteiger partial charge in [0, 0.05) is 10.4 Å². The Kier molecular flexibility index (Phi) is 3.42. The van der Waals surface area contributed by atoms with E-state index in [9.17, 15) is 4.79 Å². The van der Waals surface area contributed by atoms with E-state index in [0.29, 0.717) is 22.8 Å². The number of carbonyl (C=O) groups is 1. The van der Waals surface area contributed by atoms with Crippen molar-refractivity contribution in [3.63, 3.8) is 0 Å². The fourth-order valence-electron chi connectivity index (χ4n) is 2.30. The van der Waals surface area contributed by atoms with Gasteiger partial charge in [-0.25, -0.2) is 4.98 Å². The predicted octanol–water partition coefficient (Wildman–Crippen LogP) is 2.79. The van der Waals surface area contributed by atoms with E-state index < -0.39 is 0 Å². The highest BCUT2D eigenvalue weighted by Crippen LogP contribution is 2.33. The molecule has 0 spiro atoms. The molecule has 9 heteroatoms. The van der Waals surface area contributed by atoms with Crippen LogP contribution in [0.4, 0.5) is 6.01 Å². The maximum Gasteiger partial charge on any atom is 0.322 e. The Balaban J connectivity index is 1.53. The third-order valence-electron chi connectivity index (χ3n) is 3.39. The molecule has 1 aromatic carbocycles. The van der Waals surface area contributed by atoms with E-state index in [4.69, 9.17) is 13.9 Å². The first kappa shape index (κ1) is 14.6. The Morgan fingerprint density at radius 1 is 1.21 bits per heavy atom. The van der Waals surface area contributed by atoms with Gasteiger partial charge in [-0.3, -0.25) is 10.1 Å². The predicted molar refractivity (Wildman–Crippen MR) is 85.4 cm³/mol. The highest BCUT2D eigenvalue weighted by molar-refractivity contribution is 7.11. The van der Waals surface area contributed by atoms with Gasteiger partial charge >= 0.3 is 6.01 Å². The van der Waals surface area contributed by atoms with Crippen LogP contribution in [0.15, 0.2) is 22.6 Å². The van der Waals surface area contributed by atoms with Crippen LogP contribution in [0.2, 0.25) is 0 Å². The third kappa shape index (κ3) is 2.58. The molecule has 0 bridgehead atoms. The fraction of sp³-hybridized carbons (Fsp3) is 0.200. The lowest BCUT2D eigenvalue weighted by atomic mass is 10.2. The van der Waals surface area contributed by atoms with Crippen molar-refractivity contribution < 1.29 is 18.7 Å². The summed E-state index contributed by atoms with van der Waals surface area (Å²) in [5.41, 5.74) is 1.04. The van der Waals surface area contributed by atoms with Crippen LogP contribution in [0.25, 0.3) is 11.6 Å². The number of nitrogens with zero attached hydrogens (tertiary/aromatic N) is 3. The number of aromatic nitrogens is 3. The summed E-state index contributed by atoms with van der Waals surface area (Å²) in [6.45, 7) is 3.98. The highest BCUT2D eigenvalue weighted by atomic mass is 32.1. The van der Waals surface area contributed by atoms with Gasteiger partial charge in [0.05, 0.1) is 5.01 Å². The van der Waals surface area contributed by atoms with Crippen molar-refractivity contribution in [3.05, 3.63) is 33.6 Å². The van der Waals surface area contributed by atoms with Crippen molar-refractivity contribution in [2.75, 3.05) is 12.1 Å². The molecule has 24 heavy (non-hydrogen) atoms. The lowest BCUT2D eigenvalue weighted by Crippen LogP contribution is -2.12. The van der Waals surface area contributed by atoms with Crippen molar-refractivity contribution in [3.8, 4) is 23.1 Å². The standard InChI is InChI=1S/C15H12N4O4S/c1-7-12(16-8(2)24-7)14-18-19-15(23-14)17-13(20)9-3-4-10-11(5-9)22-6-21-10/h3-5H,6H2,1-2H3,(H,17,19,20). The lowest BCUT2D eigenvalue weighted by Gasteiger charge is -2.02. The molecular formula is C15H12N4O4S. The van der Waals surface area contributed by atoms with E-state index in [2.05, 4.69) is 20.5 Å². The topological polar surface area (TPSA) is 99.4 Å². The Morgan fingerprint density at radius 3 is 2.83 bits per heavy atom. The van der Waals surface area contributed by atoms with Gasteiger partial charge in [-0.15, -0.1) is 16.4 Å². The van der Waals surface area contributed by atoms with Crippen molar-refractivity contribution in [2.24, 2.45) is 0 Å². The Labute approximate surface area is 140 Å². The molecule has 1 aliphatic heterocycles. The van der Waals surface area contributed by atoms with Crippen molar-refractivity contribution >= 4 is 23.3 Å². The van der Waals surface area contributed by atoms with Gasteiger partial charge in [0.1, 0.15) is 5.69 Å². The summed E-state index contributed by atoms with van der Waals surface area (Å²) in [5, 5.41) is 11.2. The first-order valence-corrected chi connectivity index (χ1v) is 7.91. The highest BCUT2D eigenvalue weighted by Gasteiger charge is 2.19. The monoisotopic (exact) mass is 344 g/mol. The number of hydrogen-bond acceptors (Lipinski definition) is 8. The number of ether oxygens (including phenoxy) is 2. The molecule has 3 heterocycles. The molecular weight excluding hydrogens is 332 g/mol. The first-order valence-electron chi connectivity index (χ1n) is 7.09. The number of anilines is 1. The van der Waals surface area contributed by atoms with Crippen LogP contribution in [0, 0.1) is 13.8 Å². The van der Waals surface area contributed by atoms with Gasteiger partial charge < -0.3 is 13.9 Å². The molecule has 0 saturated heterocycles. The minimum absolute atomic E-state index is 0.0118. The summed E-state index contributed by atoms with van der Waals surface area (Å²) in [6, 6.07) is 4.92. The zero-order valence-corrected chi connectivity index (χ0v) is 13.6. The largest absolute Gasteiger partial charge is 0.454 e. The van der Waals surface area contributed by atoms with Crippen LogP contribution in [-0.2, 0) is 0 Å². The maximum atomic E-state index is 12.3. The van der Waals surface area contributed by atoms with E-state index in [1.165, 1.54) is 0 Å². The summed E-state index contributed by atoms with van der Waals surface area (Å²) < 4.78 is 16.0. The summed E-state index contributed by atoms with van der Waals surface area (Å²) in [5.74, 6) is 1.04. The number of benzene rings is 1.